The fraction of sp³-hybridized carbons (Fsp3) is 0.167. The number of aromatic nitrogens is 3. The molecule has 2 N–H and O–H groups in total. The van der Waals surface area contributed by atoms with Crippen molar-refractivity contribution >= 4 is 39.7 Å². The highest BCUT2D eigenvalue weighted by Crippen LogP contribution is 2.37. The van der Waals surface area contributed by atoms with Crippen molar-refractivity contribution in [1.82, 2.24) is 14.9 Å². The molecule has 1 aromatic heterocycles. The molecule has 0 fully saturated rings. The molecule has 170 valence electrons. The summed E-state index contributed by atoms with van der Waals surface area (Å²) in [5, 5.41) is 7.90. The highest BCUT2D eigenvalue weighted by molar-refractivity contribution is 9.10. The summed E-state index contributed by atoms with van der Waals surface area (Å²) in [5.74, 6) is 2.03. The summed E-state index contributed by atoms with van der Waals surface area (Å²) in [6, 6.07) is 21.4. The van der Waals surface area contributed by atoms with Crippen LogP contribution in [0.3, 0.4) is 0 Å². The Morgan fingerprint density at radius 1 is 1.06 bits per heavy atom. The summed E-state index contributed by atoms with van der Waals surface area (Å²) in [4.78, 5) is 0. The quantitative estimate of drug-likeness (QED) is 0.228. The molecule has 0 saturated carbocycles. The van der Waals surface area contributed by atoms with Crippen LogP contribution in [0.25, 0.3) is 11.4 Å². The zero-order valence-corrected chi connectivity index (χ0v) is 21.0. The molecule has 1 heterocycles. The number of hydrogen-bond acceptors (Lipinski definition) is 5. The lowest BCUT2D eigenvalue weighted by atomic mass is 10.2. The molecule has 3 aromatic carbocycles. The van der Waals surface area contributed by atoms with E-state index in [1.807, 2.05) is 73.7 Å². The predicted octanol–water partition coefficient (Wildman–Crippen LogP) is 6.74. The van der Waals surface area contributed by atoms with Crippen molar-refractivity contribution < 1.29 is 9.47 Å². The first-order valence-corrected chi connectivity index (χ1v) is 11.9. The molecule has 0 aliphatic rings. The fourth-order valence-corrected chi connectivity index (χ4v) is 4.18. The van der Waals surface area contributed by atoms with Crippen molar-refractivity contribution in [3.05, 3.63) is 92.1 Å². The molecular weight excluding hydrogens is 524 g/mol. The van der Waals surface area contributed by atoms with Crippen molar-refractivity contribution in [1.29, 1.82) is 0 Å². The average molecular weight is 546 g/mol. The first-order valence-electron chi connectivity index (χ1n) is 10.3. The van der Waals surface area contributed by atoms with E-state index >= 15 is 0 Å². The highest BCUT2D eigenvalue weighted by Gasteiger charge is 2.14. The Morgan fingerprint density at radius 3 is 2.55 bits per heavy atom. The Labute approximate surface area is 210 Å². The van der Waals surface area contributed by atoms with Gasteiger partial charge in [-0.05, 0) is 70.5 Å². The van der Waals surface area contributed by atoms with E-state index in [1.54, 1.807) is 4.68 Å². The molecule has 0 aliphatic carbocycles. The van der Waals surface area contributed by atoms with Gasteiger partial charge in [-0.15, -0.1) is 0 Å². The number of rotatable bonds is 9. The molecule has 33 heavy (non-hydrogen) atoms. The van der Waals surface area contributed by atoms with E-state index < -0.39 is 0 Å². The zero-order chi connectivity index (χ0) is 23.2. The van der Waals surface area contributed by atoms with Gasteiger partial charge in [0.25, 0.3) is 0 Å². The van der Waals surface area contributed by atoms with E-state index in [-0.39, 0.29) is 0 Å². The summed E-state index contributed by atoms with van der Waals surface area (Å²) >= 11 is 15.0. The average Bonchev–Trinajstić information content (AvgIpc) is 3.19. The van der Waals surface area contributed by atoms with E-state index in [4.69, 9.17) is 33.3 Å². The van der Waals surface area contributed by atoms with Crippen LogP contribution in [0.5, 0.6) is 11.5 Å². The fourth-order valence-electron chi connectivity index (χ4n) is 3.26. The molecule has 9 heteroatoms. The minimum atomic E-state index is 0.401. The molecule has 4 rings (SSSR count). The van der Waals surface area contributed by atoms with Crippen LogP contribution in [0.2, 0.25) is 5.02 Å². The molecule has 0 unspecified atom stereocenters. The summed E-state index contributed by atoms with van der Waals surface area (Å²) in [6.45, 7) is 3.37. The summed E-state index contributed by atoms with van der Waals surface area (Å²) < 4.78 is 15.0. The number of ether oxygens (including phenoxy) is 2. The topological polar surface area (TPSA) is 64.1 Å². The van der Waals surface area contributed by atoms with Crippen LogP contribution >= 0.6 is 39.7 Å². The Bertz CT molecular complexity index is 1280. The van der Waals surface area contributed by atoms with Gasteiger partial charge in [-0.3, -0.25) is 0 Å². The third-order valence-electron chi connectivity index (χ3n) is 4.81. The second kappa shape index (κ2) is 10.9. The van der Waals surface area contributed by atoms with E-state index in [9.17, 15) is 0 Å². The molecule has 0 aliphatic heterocycles. The molecule has 0 bridgehead atoms. The number of benzene rings is 3. The van der Waals surface area contributed by atoms with Gasteiger partial charge < -0.3 is 14.9 Å². The van der Waals surface area contributed by atoms with Gasteiger partial charge in [-0.25, -0.2) is 9.77 Å². The van der Waals surface area contributed by atoms with Crippen LogP contribution in [0.15, 0.2) is 71.2 Å². The Balaban J connectivity index is 1.53. The number of halogens is 2. The maximum Gasteiger partial charge on any atom is 0.214 e. The summed E-state index contributed by atoms with van der Waals surface area (Å²) in [7, 11) is 0. The predicted molar refractivity (Wildman–Crippen MR) is 137 cm³/mol. The van der Waals surface area contributed by atoms with Gasteiger partial charge >= 0.3 is 0 Å². The molecule has 6 nitrogen and oxygen atoms in total. The lowest BCUT2D eigenvalue weighted by molar-refractivity contribution is 0.267. The number of aromatic amines is 1. The van der Waals surface area contributed by atoms with Gasteiger partial charge in [0.1, 0.15) is 6.61 Å². The van der Waals surface area contributed by atoms with Gasteiger partial charge in [0.2, 0.25) is 4.77 Å². The van der Waals surface area contributed by atoms with Crippen LogP contribution in [0, 0.1) is 4.77 Å². The van der Waals surface area contributed by atoms with Crippen LogP contribution in [-0.2, 0) is 13.2 Å². The Hall–Kier alpha value is -2.81. The second-order valence-electron chi connectivity index (χ2n) is 7.14. The lowest BCUT2D eigenvalue weighted by Crippen LogP contribution is -2.16. The van der Waals surface area contributed by atoms with Gasteiger partial charge in [0.05, 0.1) is 17.6 Å². The molecule has 0 radical (unpaired) electrons. The second-order valence-corrected chi connectivity index (χ2v) is 8.82. The van der Waals surface area contributed by atoms with Gasteiger partial charge in [0.15, 0.2) is 17.3 Å². The zero-order valence-electron chi connectivity index (χ0n) is 17.8. The third kappa shape index (κ3) is 5.76. The summed E-state index contributed by atoms with van der Waals surface area (Å²) in [5.41, 5.74) is 6.31. The SMILES string of the molecule is CCOc1cc(CNn2c(-c3ccccc3)n[nH]c2=S)cc(Br)c1OCc1ccc(Cl)cc1. The molecule has 4 aromatic rings. The van der Waals surface area contributed by atoms with Crippen molar-refractivity contribution in [3.8, 4) is 22.9 Å². The van der Waals surface area contributed by atoms with Crippen LogP contribution in [-0.4, -0.2) is 21.5 Å². The summed E-state index contributed by atoms with van der Waals surface area (Å²) in [6.07, 6.45) is 0. The maximum atomic E-state index is 6.08. The van der Waals surface area contributed by atoms with Crippen LogP contribution in [0.4, 0.5) is 0 Å². The molecule has 0 saturated heterocycles. The number of nitrogens with one attached hydrogen (secondary N) is 2. The molecule has 0 atom stereocenters. The smallest absolute Gasteiger partial charge is 0.214 e. The van der Waals surface area contributed by atoms with Crippen LogP contribution in [0.1, 0.15) is 18.1 Å². The van der Waals surface area contributed by atoms with Gasteiger partial charge in [0, 0.05) is 10.6 Å². The monoisotopic (exact) mass is 544 g/mol. The minimum Gasteiger partial charge on any atom is -0.490 e. The van der Waals surface area contributed by atoms with Crippen molar-refractivity contribution in [2.45, 2.75) is 20.1 Å². The molecule has 0 amide bonds. The maximum absolute atomic E-state index is 6.08. The number of H-pyrrole nitrogens is 1. The van der Waals surface area contributed by atoms with E-state index in [0.29, 0.717) is 46.9 Å². The molecule has 0 spiro atoms. The normalized spacial score (nSPS) is 10.8. The van der Waals surface area contributed by atoms with E-state index in [1.165, 1.54) is 0 Å². The largest absolute Gasteiger partial charge is 0.490 e. The van der Waals surface area contributed by atoms with Crippen LogP contribution < -0.4 is 14.9 Å². The first-order chi connectivity index (χ1) is 16.0. The lowest BCUT2D eigenvalue weighted by Gasteiger charge is -2.16. The van der Waals surface area contributed by atoms with E-state index in [2.05, 4.69) is 31.6 Å². The third-order valence-corrected chi connectivity index (χ3v) is 5.93. The Morgan fingerprint density at radius 2 is 1.82 bits per heavy atom. The van der Waals surface area contributed by atoms with Crippen molar-refractivity contribution in [2.24, 2.45) is 0 Å². The standard InChI is InChI=1S/C24H22BrClN4O2S/c1-2-31-21-13-17(12-20(25)22(21)32-15-16-8-10-19(26)11-9-16)14-27-30-23(28-29-24(30)33)18-6-4-3-5-7-18/h3-13,27H,2,14-15H2,1H3,(H,29,33). The van der Waals surface area contributed by atoms with Crippen molar-refractivity contribution in [2.75, 3.05) is 12.0 Å². The molecular formula is C24H22BrClN4O2S. The van der Waals surface area contributed by atoms with Gasteiger partial charge in [-0.1, -0.05) is 54.1 Å². The minimum absolute atomic E-state index is 0.401. The number of hydrogen-bond donors (Lipinski definition) is 2. The highest BCUT2D eigenvalue weighted by atomic mass is 79.9. The first kappa shape index (κ1) is 23.4. The number of nitrogens with zero attached hydrogens (tertiary/aromatic N) is 2. The van der Waals surface area contributed by atoms with E-state index in [0.717, 1.165) is 21.2 Å². The van der Waals surface area contributed by atoms with Gasteiger partial charge in [-0.2, -0.15) is 5.10 Å². The Kier molecular flexibility index (Phi) is 7.69. The van der Waals surface area contributed by atoms with Crippen molar-refractivity contribution in [3.63, 3.8) is 0 Å².